The zero-order chi connectivity index (χ0) is 16.7. The molecule has 3 N–H and O–H groups in total. The van der Waals surface area contributed by atoms with Crippen LogP contribution in [0.25, 0.3) is 0 Å². The summed E-state index contributed by atoms with van der Waals surface area (Å²) in [6.07, 6.45) is 4.91. The first-order valence-electron chi connectivity index (χ1n) is 8.29. The van der Waals surface area contributed by atoms with Gasteiger partial charge in [0.2, 0.25) is 11.8 Å². The second kappa shape index (κ2) is 8.67. The molecule has 2 amide bonds. The fraction of sp³-hybridized carbons (Fsp3) is 0.556. The van der Waals surface area contributed by atoms with Crippen molar-refractivity contribution in [1.29, 1.82) is 0 Å². The molecule has 126 valence electrons. The Morgan fingerprint density at radius 1 is 1.30 bits per heavy atom. The normalized spacial score (nSPS) is 22.3. The van der Waals surface area contributed by atoms with Gasteiger partial charge in [-0.3, -0.25) is 9.59 Å². The molecular weight excluding hydrogens is 292 g/mol. The SMILES string of the molecule is C[C@@H]1CCC[C@@H](OCC(=O)N[C@H](Cc2ccccc2)C(N)=O)C1. The average Bonchev–Trinajstić information content (AvgIpc) is 2.53. The Labute approximate surface area is 137 Å². The lowest BCUT2D eigenvalue weighted by Gasteiger charge is -2.26. The van der Waals surface area contributed by atoms with Gasteiger partial charge in [-0.1, -0.05) is 50.1 Å². The van der Waals surface area contributed by atoms with Crippen LogP contribution in [0.2, 0.25) is 0 Å². The van der Waals surface area contributed by atoms with Crippen molar-refractivity contribution in [3.63, 3.8) is 0 Å². The van der Waals surface area contributed by atoms with Crippen molar-refractivity contribution in [3.05, 3.63) is 35.9 Å². The van der Waals surface area contributed by atoms with Crippen molar-refractivity contribution in [2.75, 3.05) is 6.61 Å². The summed E-state index contributed by atoms with van der Waals surface area (Å²) in [5, 5.41) is 2.68. The molecule has 0 bridgehead atoms. The van der Waals surface area contributed by atoms with Crippen LogP contribution in [0, 0.1) is 5.92 Å². The average molecular weight is 318 g/mol. The third-order valence-corrected chi connectivity index (χ3v) is 4.30. The number of carbonyl (C=O) groups is 2. The zero-order valence-electron chi connectivity index (χ0n) is 13.7. The number of hydrogen-bond donors (Lipinski definition) is 2. The van der Waals surface area contributed by atoms with Crippen LogP contribution < -0.4 is 11.1 Å². The first-order chi connectivity index (χ1) is 11.0. The van der Waals surface area contributed by atoms with E-state index >= 15 is 0 Å². The van der Waals surface area contributed by atoms with E-state index in [2.05, 4.69) is 12.2 Å². The lowest BCUT2D eigenvalue weighted by molar-refractivity contribution is -0.132. The number of nitrogens with two attached hydrogens (primary N) is 1. The summed E-state index contributed by atoms with van der Waals surface area (Å²) < 4.78 is 5.68. The highest BCUT2D eigenvalue weighted by atomic mass is 16.5. The number of nitrogens with one attached hydrogen (secondary N) is 1. The third-order valence-electron chi connectivity index (χ3n) is 4.30. The van der Waals surface area contributed by atoms with Gasteiger partial charge in [-0.25, -0.2) is 0 Å². The Balaban J connectivity index is 1.80. The topological polar surface area (TPSA) is 81.4 Å². The molecule has 3 atom stereocenters. The molecule has 5 heteroatoms. The zero-order valence-corrected chi connectivity index (χ0v) is 13.7. The summed E-state index contributed by atoms with van der Waals surface area (Å²) >= 11 is 0. The van der Waals surface area contributed by atoms with Crippen LogP contribution in [0.15, 0.2) is 30.3 Å². The second-order valence-electron chi connectivity index (χ2n) is 6.42. The molecule has 1 fully saturated rings. The molecule has 1 saturated carbocycles. The third kappa shape index (κ3) is 6.02. The largest absolute Gasteiger partial charge is 0.368 e. The van der Waals surface area contributed by atoms with Crippen LogP contribution in [0.5, 0.6) is 0 Å². The molecule has 0 unspecified atom stereocenters. The van der Waals surface area contributed by atoms with Gasteiger partial charge >= 0.3 is 0 Å². The van der Waals surface area contributed by atoms with E-state index in [1.54, 1.807) is 0 Å². The Bertz CT molecular complexity index is 518. The molecule has 0 saturated heterocycles. The van der Waals surface area contributed by atoms with Crippen LogP contribution >= 0.6 is 0 Å². The van der Waals surface area contributed by atoms with Crippen molar-refractivity contribution in [3.8, 4) is 0 Å². The van der Waals surface area contributed by atoms with Crippen molar-refractivity contribution < 1.29 is 14.3 Å². The van der Waals surface area contributed by atoms with Gasteiger partial charge < -0.3 is 15.8 Å². The summed E-state index contributed by atoms with van der Waals surface area (Å²) in [4.78, 5) is 23.6. The minimum atomic E-state index is -0.709. The number of rotatable bonds is 7. The standard InChI is InChI=1S/C18H26N2O3/c1-13-6-5-9-15(10-13)23-12-17(21)20-16(18(19)22)11-14-7-3-2-4-8-14/h2-4,7-8,13,15-16H,5-6,9-12H2,1H3,(H2,19,22)(H,20,21)/t13-,15-,16-/m1/s1. The molecule has 0 radical (unpaired) electrons. The van der Waals surface area contributed by atoms with E-state index in [1.807, 2.05) is 30.3 Å². The van der Waals surface area contributed by atoms with E-state index in [4.69, 9.17) is 10.5 Å². The monoisotopic (exact) mass is 318 g/mol. The highest BCUT2D eigenvalue weighted by Gasteiger charge is 2.22. The molecular formula is C18H26N2O3. The fourth-order valence-corrected chi connectivity index (χ4v) is 3.03. The summed E-state index contributed by atoms with van der Waals surface area (Å²) in [7, 11) is 0. The number of carbonyl (C=O) groups excluding carboxylic acids is 2. The summed E-state index contributed by atoms with van der Waals surface area (Å²) in [5.74, 6) is -0.176. The molecule has 2 rings (SSSR count). The molecule has 1 aromatic rings. The molecule has 1 aliphatic rings. The molecule has 0 heterocycles. The van der Waals surface area contributed by atoms with E-state index in [1.165, 1.54) is 6.42 Å². The van der Waals surface area contributed by atoms with E-state index < -0.39 is 11.9 Å². The Hall–Kier alpha value is -1.88. The van der Waals surface area contributed by atoms with Crippen LogP contribution in [0.3, 0.4) is 0 Å². The maximum Gasteiger partial charge on any atom is 0.246 e. The lowest BCUT2D eigenvalue weighted by atomic mass is 9.89. The van der Waals surface area contributed by atoms with Crippen LogP contribution in [-0.4, -0.2) is 30.6 Å². The number of amides is 2. The number of hydrogen-bond acceptors (Lipinski definition) is 3. The van der Waals surface area contributed by atoms with Gasteiger partial charge in [-0.15, -0.1) is 0 Å². The fourth-order valence-electron chi connectivity index (χ4n) is 3.03. The number of primary amides is 1. The van der Waals surface area contributed by atoms with E-state index in [-0.39, 0.29) is 18.6 Å². The number of benzene rings is 1. The molecule has 5 nitrogen and oxygen atoms in total. The Kier molecular flexibility index (Phi) is 6.59. The van der Waals surface area contributed by atoms with Gasteiger partial charge in [0.05, 0.1) is 6.10 Å². The molecule has 0 aromatic heterocycles. The predicted octanol–water partition coefficient (Wildman–Crippen LogP) is 1.79. The number of ether oxygens (including phenoxy) is 1. The summed E-state index contributed by atoms with van der Waals surface area (Å²) in [5.41, 5.74) is 6.35. The summed E-state index contributed by atoms with van der Waals surface area (Å²) in [6.45, 7) is 2.19. The predicted molar refractivity (Wildman–Crippen MR) is 88.6 cm³/mol. The quantitative estimate of drug-likeness (QED) is 0.804. The van der Waals surface area contributed by atoms with E-state index in [0.717, 1.165) is 24.8 Å². The van der Waals surface area contributed by atoms with Gasteiger partial charge in [0.25, 0.3) is 0 Å². The smallest absolute Gasteiger partial charge is 0.246 e. The summed E-state index contributed by atoms with van der Waals surface area (Å²) in [6, 6.07) is 8.79. The van der Waals surface area contributed by atoms with Gasteiger partial charge in [0.1, 0.15) is 12.6 Å². The second-order valence-corrected chi connectivity index (χ2v) is 6.42. The molecule has 23 heavy (non-hydrogen) atoms. The minimum absolute atomic E-state index is 0.0179. The molecule has 0 spiro atoms. The van der Waals surface area contributed by atoms with E-state index in [0.29, 0.717) is 12.3 Å². The maximum atomic E-state index is 12.0. The lowest BCUT2D eigenvalue weighted by Crippen LogP contribution is -2.47. The maximum absolute atomic E-state index is 12.0. The Morgan fingerprint density at radius 2 is 2.04 bits per heavy atom. The highest BCUT2D eigenvalue weighted by Crippen LogP contribution is 2.25. The van der Waals surface area contributed by atoms with Crippen molar-refractivity contribution in [1.82, 2.24) is 5.32 Å². The molecule has 1 aromatic carbocycles. The van der Waals surface area contributed by atoms with Crippen molar-refractivity contribution in [2.45, 2.75) is 51.2 Å². The van der Waals surface area contributed by atoms with E-state index in [9.17, 15) is 9.59 Å². The van der Waals surface area contributed by atoms with Crippen molar-refractivity contribution in [2.24, 2.45) is 11.7 Å². The first-order valence-corrected chi connectivity index (χ1v) is 8.29. The molecule has 0 aliphatic heterocycles. The van der Waals surface area contributed by atoms with Gasteiger partial charge in [-0.2, -0.15) is 0 Å². The van der Waals surface area contributed by atoms with Crippen molar-refractivity contribution >= 4 is 11.8 Å². The first kappa shape index (κ1) is 17.5. The van der Waals surface area contributed by atoms with Crippen LogP contribution in [0.1, 0.15) is 38.2 Å². The van der Waals surface area contributed by atoms with Crippen LogP contribution in [0.4, 0.5) is 0 Å². The minimum Gasteiger partial charge on any atom is -0.368 e. The highest BCUT2D eigenvalue weighted by molar-refractivity contribution is 5.87. The Morgan fingerprint density at radius 3 is 2.70 bits per heavy atom. The van der Waals surface area contributed by atoms with Crippen LogP contribution in [-0.2, 0) is 20.7 Å². The van der Waals surface area contributed by atoms with Gasteiger partial charge in [-0.05, 0) is 24.3 Å². The van der Waals surface area contributed by atoms with Gasteiger partial charge in [0, 0.05) is 6.42 Å². The van der Waals surface area contributed by atoms with Gasteiger partial charge in [0.15, 0.2) is 0 Å². The molecule has 1 aliphatic carbocycles.